The standard InChI is InChI=1S/C16H19N3O3/c1-9(2)7-19-8-17-14-15(19)10-5-12(21-3)13(22-4)6-11(10)18-16(14)20/h5-6,8-9H,7H2,1-4H3,(H,18,20). The first-order chi connectivity index (χ1) is 10.5. The van der Waals surface area contributed by atoms with Gasteiger partial charge in [-0.15, -0.1) is 0 Å². The molecule has 0 atom stereocenters. The first-order valence-electron chi connectivity index (χ1n) is 7.14. The molecule has 0 radical (unpaired) electrons. The van der Waals surface area contributed by atoms with E-state index in [0.717, 1.165) is 17.4 Å². The molecule has 116 valence electrons. The van der Waals surface area contributed by atoms with E-state index >= 15 is 0 Å². The highest BCUT2D eigenvalue weighted by Gasteiger charge is 2.17. The molecule has 0 aliphatic carbocycles. The van der Waals surface area contributed by atoms with Crippen molar-refractivity contribution in [1.29, 1.82) is 0 Å². The molecule has 1 N–H and O–H groups in total. The number of benzene rings is 1. The number of pyridine rings is 1. The monoisotopic (exact) mass is 301 g/mol. The highest BCUT2D eigenvalue weighted by atomic mass is 16.5. The summed E-state index contributed by atoms with van der Waals surface area (Å²) in [4.78, 5) is 8.52. The maximum Gasteiger partial charge on any atom is 0.240 e. The Morgan fingerprint density at radius 1 is 1.18 bits per heavy atom. The summed E-state index contributed by atoms with van der Waals surface area (Å²) in [5.41, 5.74) is 2.01. The molecule has 6 nitrogen and oxygen atoms in total. The van der Waals surface area contributed by atoms with Gasteiger partial charge in [0.1, 0.15) is 0 Å². The van der Waals surface area contributed by atoms with Crippen molar-refractivity contribution in [1.82, 2.24) is 14.5 Å². The topological polar surface area (TPSA) is 69.4 Å². The lowest BCUT2D eigenvalue weighted by molar-refractivity contribution is 0.355. The number of hydrogen-bond acceptors (Lipinski definition) is 5. The van der Waals surface area contributed by atoms with Crippen molar-refractivity contribution in [3.8, 4) is 17.4 Å². The van der Waals surface area contributed by atoms with Crippen LogP contribution in [-0.4, -0.2) is 33.9 Å². The summed E-state index contributed by atoms with van der Waals surface area (Å²) in [6.45, 7) is 5.08. The van der Waals surface area contributed by atoms with Crippen LogP contribution in [0.25, 0.3) is 21.9 Å². The molecule has 6 heteroatoms. The molecule has 22 heavy (non-hydrogen) atoms. The van der Waals surface area contributed by atoms with Crippen molar-refractivity contribution in [2.45, 2.75) is 20.4 Å². The highest BCUT2D eigenvalue weighted by Crippen LogP contribution is 2.36. The number of aromatic hydroxyl groups is 1. The van der Waals surface area contributed by atoms with E-state index < -0.39 is 0 Å². The van der Waals surface area contributed by atoms with Crippen molar-refractivity contribution in [2.75, 3.05) is 14.2 Å². The number of nitrogens with zero attached hydrogens (tertiary/aromatic N) is 3. The van der Waals surface area contributed by atoms with Crippen molar-refractivity contribution in [3.05, 3.63) is 18.5 Å². The summed E-state index contributed by atoms with van der Waals surface area (Å²) < 4.78 is 12.7. The molecule has 0 fully saturated rings. The molecule has 3 aromatic rings. The molecule has 2 aromatic heterocycles. The average molecular weight is 301 g/mol. The van der Waals surface area contributed by atoms with Crippen LogP contribution < -0.4 is 9.47 Å². The highest BCUT2D eigenvalue weighted by molar-refractivity contribution is 6.05. The first kappa shape index (κ1) is 14.4. The molecule has 3 rings (SSSR count). The number of ether oxygens (including phenoxy) is 2. The summed E-state index contributed by atoms with van der Waals surface area (Å²) in [6, 6.07) is 3.64. The summed E-state index contributed by atoms with van der Waals surface area (Å²) in [5, 5.41) is 11.0. The lowest BCUT2D eigenvalue weighted by Crippen LogP contribution is -2.03. The van der Waals surface area contributed by atoms with Crippen LogP contribution in [0, 0.1) is 5.92 Å². The van der Waals surface area contributed by atoms with Crippen molar-refractivity contribution in [2.24, 2.45) is 5.92 Å². The second-order valence-corrected chi connectivity index (χ2v) is 5.65. The van der Waals surface area contributed by atoms with Gasteiger partial charge in [0, 0.05) is 18.0 Å². The predicted molar refractivity (Wildman–Crippen MR) is 84.6 cm³/mol. The Kier molecular flexibility index (Phi) is 3.52. The Morgan fingerprint density at radius 2 is 1.86 bits per heavy atom. The smallest absolute Gasteiger partial charge is 0.240 e. The second-order valence-electron chi connectivity index (χ2n) is 5.65. The van der Waals surface area contributed by atoms with Crippen LogP contribution >= 0.6 is 0 Å². The number of aromatic nitrogens is 3. The van der Waals surface area contributed by atoms with Gasteiger partial charge < -0.3 is 19.1 Å². The van der Waals surface area contributed by atoms with E-state index in [2.05, 4.69) is 23.8 Å². The number of rotatable bonds is 4. The lowest BCUT2D eigenvalue weighted by Gasteiger charge is -2.12. The van der Waals surface area contributed by atoms with Crippen LogP contribution in [0.3, 0.4) is 0 Å². The third-order valence-corrected chi connectivity index (χ3v) is 3.59. The molecule has 0 unspecified atom stereocenters. The molecule has 0 spiro atoms. The van der Waals surface area contributed by atoms with Crippen LogP contribution in [0.2, 0.25) is 0 Å². The van der Waals surface area contributed by atoms with Gasteiger partial charge in [-0.3, -0.25) is 0 Å². The maximum absolute atomic E-state index is 10.1. The zero-order valence-corrected chi connectivity index (χ0v) is 13.1. The molecule has 0 saturated carbocycles. The van der Waals surface area contributed by atoms with E-state index in [0.29, 0.717) is 28.5 Å². The summed E-state index contributed by atoms with van der Waals surface area (Å²) in [5.74, 6) is 1.59. The summed E-state index contributed by atoms with van der Waals surface area (Å²) in [7, 11) is 3.17. The number of hydrogen-bond donors (Lipinski definition) is 1. The number of methoxy groups -OCH3 is 2. The Hall–Kier alpha value is -2.50. The van der Waals surface area contributed by atoms with E-state index in [1.807, 2.05) is 10.6 Å². The van der Waals surface area contributed by atoms with E-state index in [4.69, 9.17) is 9.47 Å². The molecule has 0 amide bonds. The SMILES string of the molecule is COc1cc2nc(O)c3ncn(CC(C)C)c3c2cc1OC. The van der Waals surface area contributed by atoms with Crippen LogP contribution in [-0.2, 0) is 6.54 Å². The van der Waals surface area contributed by atoms with Crippen molar-refractivity contribution < 1.29 is 14.6 Å². The van der Waals surface area contributed by atoms with E-state index in [9.17, 15) is 5.11 Å². The third-order valence-electron chi connectivity index (χ3n) is 3.59. The fourth-order valence-electron chi connectivity index (χ4n) is 2.68. The minimum Gasteiger partial charge on any atom is -0.493 e. The van der Waals surface area contributed by atoms with Gasteiger partial charge in [-0.05, 0) is 12.0 Å². The molecule has 0 aliphatic heterocycles. The van der Waals surface area contributed by atoms with Crippen molar-refractivity contribution >= 4 is 21.9 Å². The zero-order valence-electron chi connectivity index (χ0n) is 13.1. The van der Waals surface area contributed by atoms with Crippen LogP contribution in [0.4, 0.5) is 0 Å². The Morgan fingerprint density at radius 3 is 2.50 bits per heavy atom. The van der Waals surface area contributed by atoms with Gasteiger partial charge in [-0.1, -0.05) is 13.8 Å². The minimum absolute atomic E-state index is 0.0720. The normalized spacial score (nSPS) is 11.5. The predicted octanol–water partition coefficient (Wildman–Crippen LogP) is 2.96. The molecular formula is C16H19N3O3. The van der Waals surface area contributed by atoms with Crippen LogP contribution in [0.5, 0.6) is 17.4 Å². The number of imidazole rings is 1. The molecule has 1 aromatic carbocycles. The van der Waals surface area contributed by atoms with Gasteiger partial charge in [0.15, 0.2) is 17.0 Å². The van der Waals surface area contributed by atoms with E-state index in [-0.39, 0.29) is 5.88 Å². The van der Waals surface area contributed by atoms with Gasteiger partial charge in [0.25, 0.3) is 0 Å². The van der Waals surface area contributed by atoms with Gasteiger partial charge >= 0.3 is 0 Å². The molecule has 0 bridgehead atoms. The van der Waals surface area contributed by atoms with Gasteiger partial charge in [-0.25, -0.2) is 9.97 Å². The Bertz CT molecular complexity index is 840. The Balaban J connectivity index is 2.38. The fourth-order valence-corrected chi connectivity index (χ4v) is 2.68. The minimum atomic E-state index is -0.0720. The average Bonchev–Trinajstić information content (AvgIpc) is 2.90. The van der Waals surface area contributed by atoms with Crippen LogP contribution in [0.15, 0.2) is 18.5 Å². The second kappa shape index (κ2) is 5.36. The molecule has 0 saturated heterocycles. The zero-order chi connectivity index (χ0) is 15.9. The van der Waals surface area contributed by atoms with E-state index in [1.54, 1.807) is 26.6 Å². The van der Waals surface area contributed by atoms with Crippen LogP contribution in [0.1, 0.15) is 13.8 Å². The van der Waals surface area contributed by atoms with E-state index in [1.165, 1.54) is 0 Å². The first-order valence-corrected chi connectivity index (χ1v) is 7.14. The third kappa shape index (κ3) is 2.20. The maximum atomic E-state index is 10.1. The quantitative estimate of drug-likeness (QED) is 0.802. The number of fused-ring (bicyclic) bond motifs is 3. The van der Waals surface area contributed by atoms with Gasteiger partial charge in [0.2, 0.25) is 5.88 Å². The largest absolute Gasteiger partial charge is 0.493 e. The molecule has 2 heterocycles. The van der Waals surface area contributed by atoms with Crippen molar-refractivity contribution in [3.63, 3.8) is 0 Å². The fraction of sp³-hybridized carbons (Fsp3) is 0.375. The van der Waals surface area contributed by atoms with Gasteiger partial charge in [0.05, 0.1) is 31.6 Å². The summed E-state index contributed by atoms with van der Waals surface area (Å²) in [6.07, 6.45) is 1.74. The Labute approximate surface area is 128 Å². The molecular weight excluding hydrogens is 282 g/mol. The lowest BCUT2D eigenvalue weighted by atomic mass is 10.1. The summed E-state index contributed by atoms with van der Waals surface area (Å²) >= 11 is 0. The van der Waals surface area contributed by atoms with Gasteiger partial charge in [-0.2, -0.15) is 0 Å². The molecule has 0 aliphatic rings.